The normalized spacial score (nSPS) is 31.1. The van der Waals surface area contributed by atoms with Crippen LogP contribution in [0.15, 0.2) is 36.4 Å². The first-order valence-electron chi connectivity index (χ1n) is 5.63. The maximum absolute atomic E-state index is 12.1. The average Bonchev–Trinajstić information content (AvgIpc) is 2.86. The first-order chi connectivity index (χ1) is 8.20. The Morgan fingerprint density at radius 1 is 1.35 bits per heavy atom. The highest BCUT2D eigenvalue weighted by molar-refractivity contribution is 6.31. The number of carbonyl (C=O) groups is 1. The predicted molar refractivity (Wildman–Crippen MR) is 63.9 cm³/mol. The van der Waals surface area contributed by atoms with Crippen LogP contribution in [0.1, 0.15) is 17.9 Å². The van der Waals surface area contributed by atoms with Crippen LogP contribution in [0.25, 0.3) is 0 Å². The number of carbonyl (C=O) groups excluding carboxylic acids is 1. The molecule has 3 atom stereocenters. The summed E-state index contributed by atoms with van der Waals surface area (Å²) >= 11 is 6.13. The van der Waals surface area contributed by atoms with Gasteiger partial charge in [0.1, 0.15) is 0 Å². The number of amides is 1. The lowest BCUT2D eigenvalue weighted by Crippen LogP contribution is -2.29. The average molecular weight is 250 g/mol. The maximum Gasteiger partial charge on any atom is 0.254 e. The van der Waals surface area contributed by atoms with Gasteiger partial charge in [0.25, 0.3) is 5.91 Å². The molecule has 0 bridgehead atoms. The van der Waals surface area contributed by atoms with Crippen molar-refractivity contribution in [3.63, 3.8) is 0 Å². The SMILES string of the molecule is O=C1C(c2ccccc2Cl)C2CC=CC2N1O. The van der Waals surface area contributed by atoms with E-state index >= 15 is 0 Å². The zero-order valence-corrected chi connectivity index (χ0v) is 9.84. The van der Waals surface area contributed by atoms with Gasteiger partial charge in [-0.25, -0.2) is 5.06 Å². The summed E-state index contributed by atoms with van der Waals surface area (Å²) < 4.78 is 0. The van der Waals surface area contributed by atoms with Crippen LogP contribution >= 0.6 is 11.6 Å². The van der Waals surface area contributed by atoms with E-state index in [0.717, 1.165) is 17.0 Å². The fourth-order valence-corrected chi connectivity index (χ4v) is 3.07. The molecule has 1 heterocycles. The van der Waals surface area contributed by atoms with Crippen LogP contribution in [0.3, 0.4) is 0 Å². The molecule has 2 aliphatic rings. The lowest BCUT2D eigenvalue weighted by Gasteiger charge is -2.16. The molecule has 0 saturated carbocycles. The molecule has 1 fully saturated rings. The van der Waals surface area contributed by atoms with E-state index in [4.69, 9.17) is 11.6 Å². The van der Waals surface area contributed by atoms with E-state index < -0.39 is 0 Å². The van der Waals surface area contributed by atoms with E-state index in [1.54, 1.807) is 6.07 Å². The topological polar surface area (TPSA) is 40.5 Å². The van der Waals surface area contributed by atoms with Gasteiger partial charge in [-0.05, 0) is 18.1 Å². The predicted octanol–water partition coefficient (Wildman–Crippen LogP) is 2.60. The molecule has 0 spiro atoms. The van der Waals surface area contributed by atoms with Crippen LogP contribution < -0.4 is 0 Å². The summed E-state index contributed by atoms with van der Waals surface area (Å²) in [5, 5.41) is 11.2. The molecule has 3 rings (SSSR count). The number of hydroxylamine groups is 2. The Bertz CT molecular complexity index is 500. The van der Waals surface area contributed by atoms with Crippen molar-refractivity contribution in [2.45, 2.75) is 18.4 Å². The van der Waals surface area contributed by atoms with Crippen molar-refractivity contribution in [2.24, 2.45) is 5.92 Å². The molecule has 1 saturated heterocycles. The van der Waals surface area contributed by atoms with E-state index in [-0.39, 0.29) is 23.8 Å². The Morgan fingerprint density at radius 3 is 2.88 bits per heavy atom. The Hall–Kier alpha value is -1.32. The van der Waals surface area contributed by atoms with Crippen LogP contribution in [0.2, 0.25) is 5.02 Å². The summed E-state index contributed by atoms with van der Waals surface area (Å²) in [6, 6.07) is 7.16. The lowest BCUT2D eigenvalue weighted by molar-refractivity contribution is -0.163. The highest BCUT2D eigenvalue weighted by atomic mass is 35.5. The zero-order chi connectivity index (χ0) is 12.0. The van der Waals surface area contributed by atoms with Gasteiger partial charge in [0.2, 0.25) is 0 Å². The van der Waals surface area contributed by atoms with Crippen molar-refractivity contribution in [3.8, 4) is 0 Å². The summed E-state index contributed by atoms with van der Waals surface area (Å²) in [5.74, 6) is -0.474. The van der Waals surface area contributed by atoms with Gasteiger partial charge >= 0.3 is 0 Å². The molecule has 1 amide bonds. The smallest absolute Gasteiger partial charge is 0.254 e. The molecule has 0 radical (unpaired) electrons. The van der Waals surface area contributed by atoms with Gasteiger partial charge in [0.15, 0.2) is 0 Å². The maximum atomic E-state index is 12.1. The third kappa shape index (κ3) is 1.50. The summed E-state index contributed by atoms with van der Waals surface area (Å²) in [6.45, 7) is 0. The molecule has 3 unspecified atom stereocenters. The molecule has 4 heteroatoms. The molecule has 1 aliphatic heterocycles. The summed E-state index contributed by atoms with van der Waals surface area (Å²) in [5.41, 5.74) is 0.814. The van der Waals surface area contributed by atoms with Gasteiger partial charge in [-0.1, -0.05) is 42.0 Å². The van der Waals surface area contributed by atoms with E-state index in [9.17, 15) is 10.0 Å². The Labute approximate surface area is 104 Å². The largest absolute Gasteiger partial charge is 0.285 e. The Morgan fingerprint density at radius 2 is 2.12 bits per heavy atom. The number of benzene rings is 1. The van der Waals surface area contributed by atoms with Crippen LogP contribution in [0.4, 0.5) is 0 Å². The van der Waals surface area contributed by atoms with Crippen LogP contribution in [0.5, 0.6) is 0 Å². The number of hydrogen-bond donors (Lipinski definition) is 1. The van der Waals surface area contributed by atoms with E-state index in [0.29, 0.717) is 5.02 Å². The second kappa shape index (κ2) is 3.86. The minimum Gasteiger partial charge on any atom is -0.285 e. The number of halogens is 1. The van der Waals surface area contributed by atoms with Crippen molar-refractivity contribution in [2.75, 3.05) is 0 Å². The molecular formula is C13H12ClNO2. The standard InChI is InChI=1S/C13H12ClNO2/c14-10-6-2-1-4-8(10)12-9-5-3-7-11(9)15(17)13(12)16/h1-4,6-7,9,11-12,17H,5H2. The van der Waals surface area contributed by atoms with Gasteiger partial charge in [0, 0.05) is 10.9 Å². The van der Waals surface area contributed by atoms with E-state index in [1.165, 1.54) is 0 Å². The summed E-state index contributed by atoms with van der Waals surface area (Å²) in [6.07, 6.45) is 4.71. The minimum absolute atomic E-state index is 0.104. The van der Waals surface area contributed by atoms with E-state index in [1.807, 2.05) is 30.4 Å². The van der Waals surface area contributed by atoms with Crippen molar-refractivity contribution in [1.29, 1.82) is 0 Å². The second-order valence-electron chi connectivity index (χ2n) is 4.50. The van der Waals surface area contributed by atoms with Crippen molar-refractivity contribution in [3.05, 3.63) is 47.0 Å². The van der Waals surface area contributed by atoms with Crippen LogP contribution in [-0.2, 0) is 4.79 Å². The quantitative estimate of drug-likeness (QED) is 0.614. The number of allylic oxidation sites excluding steroid dienone is 1. The fourth-order valence-electron chi connectivity index (χ4n) is 2.82. The van der Waals surface area contributed by atoms with E-state index in [2.05, 4.69) is 0 Å². The van der Waals surface area contributed by atoms with Gasteiger partial charge < -0.3 is 0 Å². The zero-order valence-electron chi connectivity index (χ0n) is 9.08. The van der Waals surface area contributed by atoms with Gasteiger partial charge in [-0.2, -0.15) is 0 Å². The third-order valence-electron chi connectivity index (χ3n) is 3.62. The Kier molecular flexibility index (Phi) is 2.45. The van der Waals surface area contributed by atoms with Crippen molar-refractivity contribution < 1.29 is 10.0 Å². The van der Waals surface area contributed by atoms with Crippen molar-refractivity contribution >= 4 is 17.5 Å². The molecule has 1 N–H and O–H groups in total. The fraction of sp³-hybridized carbons (Fsp3) is 0.308. The van der Waals surface area contributed by atoms with Crippen LogP contribution in [0, 0.1) is 5.92 Å². The highest BCUT2D eigenvalue weighted by Gasteiger charge is 2.49. The molecule has 1 aliphatic carbocycles. The minimum atomic E-state index is -0.325. The third-order valence-corrected chi connectivity index (χ3v) is 3.97. The van der Waals surface area contributed by atoms with Gasteiger partial charge in [-0.15, -0.1) is 0 Å². The first-order valence-corrected chi connectivity index (χ1v) is 6.01. The summed E-state index contributed by atoms with van der Waals surface area (Å²) in [7, 11) is 0. The molecule has 0 aromatic heterocycles. The molecule has 1 aromatic carbocycles. The number of fused-ring (bicyclic) bond motifs is 1. The van der Waals surface area contributed by atoms with Gasteiger partial charge in [0.05, 0.1) is 12.0 Å². The van der Waals surface area contributed by atoms with Crippen molar-refractivity contribution in [1.82, 2.24) is 5.06 Å². The number of hydrogen-bond acceptors (Lipinski definition) is 2. The second-order valence-corrected chi connectivity index (χ2v) is 4.91. The van der Waals surface area contributed by atoms with Crippen LogP contribution in [-0.4, -0.2) is 22.2 Å². The monoisotopic (exact) mass is 249 g/mol. The highest BCUT2D eigenvalue weighted by Crippen LogP contribution is 2.44. The van der Waals surface area contributed by atoms with Gasteiger partial charge in [-0.3, -0.25) is 10.0 Å². The number of rotatable bonds is 1. The Balaban J connectivity index is 2.04. The lowest BCUT2D eigenvalue weighted by atomic mass is 9.85. The number of nitrogens with zero attached hydrogens (tertiary/aromatic N) is 1. The molecule has 1 aromatic rings. The first kappa shape index (κ1) is 10.8. The molecular weight excluding hydrogens is 238 g/mol. The molecule has 88 valence electrons. The molecule has 3 nitrogen and oxygen atoms in total. The summed E-state index contributed by atoms with van der Waals surface area (Å²) in [4.78, 5) is 12.1. The molecule has 17 heavy (non-hydrogen) atoms.